The van der Waals surface area contributed by atoms with Crippen molar-refractivity contribution in [3.8, 4) is 11.1 Å². The molecule has 0 saturated heterocycles. The minimum Gasteiger partial charge on any atom is -0.311 e. The average molecular weight is 1000 g/mol. The van der Waals surface area contributed by atoms with Crippen LogP contribution in [-0.4, -0.2) is 6.71 Å². The van der Waals surface area contributed by atoms with Crippen molar-refractivity contribution in [1.29, 1.82) is 0 Å². The molecule has 4 heteroatoms. The molecule has 0 bridgehead atoms. The van der Waals surface area contributed by atoms with Crippen LogP contribution in [0.5, 0.6) is 0 Å². The largest absolute Gasteiger partial charge is 0.311 e. The minimum atomic E-state index is 0.0147. The number of thiophene rings is 1. The Morgan fingerprint density at radius 2 is 0.960 bits per heavy atom. The SMILES string of the molecule is Cc1cc2c3c(c1)N(c1ccc(C(C)(C)C)cc1)c1c(sc4cc5c(cc14)C(C)(C)CCC5(C)C)B3c1cc3c(cc1N2c1cc2c(cc1-c1ccc4ccccc4c1)C(C)(C)CCC2(C)C)C(C)(C)CCC3(C)C. The lowest BCUT2D eigenvalue weighted by molar-refractivity contribution is 0.332. The fourth-order valence-corrected chi connectivity index (χ4v) is 16.1. The summed E-state index contributed by atoms with van der Waals surface area (Å²) >= 11 is 2.08. The smallest absolute Gasteiger partial charge is 0.264 e. The quantitative estimate of drug-likeness (QED) is 0.163. The zero-order valence-electron chi connectivity index (χ0n) is 48.1. The molecule has 2 nitrogen and oxygen atoms in total. The number of benzene rings is 7. The molecule has 13 rings (SSSR count). The summed E-state index contributed by atoms with van der Waals surface area (Å²) in [6.45, 7) is 39.4. The van der Waals surface area contributed by atoms with Gasteiger partial charge in [0.15, 0.2) is 0 Å². The van der Waals surface area contributed by atoms with Crippen molar-refractivity contribution in [3.05, 3.63) is 160 Å². The molecule has 2 aliphatic heterocycles. The van der Waals surface area contributed by atoms with Crippen LogP contribution >= 0.6 is 11.3 Å². The van der Waals surface area contributed by atoms with Gasteiger partial charge in [-0.25, -0.2) is 0 Å². The van der Waals surface area contributed by atoms with E-state index in [2.05, 4.69) is 247 Å². The molecule has 0 unspecified atom stereocenters. The highest BCUT2D eigenvalue weighted by molar-refractivity contribution is 7.33. The second-order valence-corrected chi connectivity index (χ2v) is 30.1. The Hall–Kier alpha value is -5.58. The molecule has 0 atom stereocenters. The van der Waals surface area contributed by atoms with Gasteiger partial charge in [0.1, 0.15) is 0 Å². The summed E-state index contributed by atoms with van der Waals surface area (Å²) in [7, 11) is 0. The van der Waals surface area contributed by atoms with Crippen molar-refractivity contribution in [2.24, 2.45) is 0 Å². The van der Waals surface area contributed by atoms with Crippen LogP contribution < -0.4 is 25.5 Å². The number of anilines is 6. The van der Waals surface area contributed by atoms with E-state index in [4.69, 9.17) is 0 Å². The molecule has 0 amide bonds. The predicted octanol–water partition coefficient (Wildman–Crippen LogP) is 18.5. The van der Waals surface area contributed by atoms with E-state index in [1.165, 1.54) is 158 Å². The summed E-state index contributed by atoms with van der Waals surface area (Å²) in [5.74, 6) is 0. The van der Waals surface area contributed by atoms with E-state index >= 15 is 0 Å². The number of rotatable bonds is 3. The van der Waals surface area contributed by atoms with Gasteiger partial charge in [-0.2, -0.15) is 0 Å². The van der Waals surface area contributed by atoms with Crippen LogP contribution in [0.3, 0.4) is 0 Å². The van der Waals surface area contributed by atoms with E-state index in [-0.39, 0.29) is 44.6 Å². The van der Waals surface area contributed by atoms with Gasteiger partial charge in [0.25, 0.3) is 6.71 Å². The third-order valence-corrected chi connectivity index (χ3v) is 21.2. The van der Waals surface area contributed by atoms with Crippen LogP contribution in [0.25, 0.3) is 32.0 Å². The molecule has 0 saturated carbocycles. The van der Waals surface area contributed by atoms with Gasteiger partial charge in [-0.15, -0.1) is 11.3 Å². The zero-order chi connectivity index (χ0) is 52.9. The molecule has 75 heavy (non-hydrogen) atoms. The highest BCUT2D eigenvalue weighted by Gasteiger charge is 2.50. The first-order valence-corrected chi connectivity index (χ1v) is 29.3. The topological polar surface area (TPSA) is 6.48 Å². The Labute approximate surface area is 454 Å². The summed E-state index contributed by atoms with van der Waals surface area (Å²) in [6, 6.07) is 47.0. The number of aryl methyl sites for hydroxylation is 1. The van der Waals surface area contributed by atoms with Crippen LogP contribution in [0.2, 0.25) is 0 Å². The summed E-state index contributed by atoms with van der Waals surface area (Å²) in [6.07, 6.45) is 7.06. The Bertz CT molecular complexity index is 3730. The first-order valence-electron chi connectivity index (χ1n) is 28.5. The molecule has 0 fully saturated rings. The maximum absolute atomic E-state index is 2.79. The summed E-state index contributed by atoms with van der Waals surface area (Å²) in [5, 5.41) is 3.96. The summed E-state index contributed by atoms with van der Waals surface area (Å²) in [5.41, 5.74) is 25.4. The molecule has 5 aliphatic rings. The lowest BCUT2D eigenvalue weighted by Crippen LogP contribution is -2.61. The molecule has 0 radical (unpaired) electrons. The van der Waals surface area contributed by atoms with Crippen LogP contribution in [-0.2, 0) is 37.9 Å². The first-order chi connectivity index (χ1) is 35.2. The van der Waals surface area contributed by atoms with E-state index in [0.717, 1.165) is 6.42 Å². The van der Waals surface area contributed by atoms with Crippen LogP contribution in [0, 0.1) is 6.92 Å². The zero-order valence-corrected chi connectivity index (χ0v) is 48.9. The van der Waals surface area contributed by atoms with Crippen molar-refractivity contribution in [3.63, 3.8) is 0 Å². The number of nitrogens with zero attached hydrogens (tertiary/aromatic N) is 2. The molecule has 8 aromatic rings. The monoisotopic (exact) mass is 1000 g/mol. The van der Waals surface area contributed by atoms with Crippen LogP contribution in [0.15, 0.2) is 115 Å². The third-order valence-electron chi connectivity index (χ3n) is 20.0. The molecule has 7 aromatic carbocycles. The molecule has 382 valence electrons. The van der Waals surface area contributed by atoms with Crippen molar-refractivity contribution >= 4 is 88.7 Å². The Morgan fingerprint density at radius 3 is 1.53 bits per heavy atom. The van der Waals surface area contributed by atoms with E-state index in [9.17, 15) is 0 Å². The van der Waals surface area contributed by atoms with Gasteiger partial charge in [0.05, 0.1) is 11.4 Å². The highest BCUT2D eigenvalue weighted by atomic mass is 32.1. The third kappa shape index (κ3) is 7.30. The van der Waals surface area contributed by atoms with Gasteiger partial charge >= 0.3 is 0 Å². The second-order valence-electron chi connectivity index (χ2n) is 29.1. The average Bonchev–Trinajstić information content (AvgIpc) is 3.80. The lowest BCUT2D eigenvalue weighted by atomic mass is 9.35. The number of hydrogen-bond acceptors (Lipinski definition) is 3. The van der Waals surface area contributed by atoms with Gasteiger partial charge < -0.3 is 9.80 Å². The van der Waals surface area contributed by atoms with Crippen molar-refractivity contribution < 1.29 is 0 Å². The van der Waals surface area contributed by atoms with Crippen LogP contribution in [0.1, 0.15) is 187 Å². The summed E-state index contributed by atoms with van der Waals surface area (Å²) in [4.78, 5) is 5.51. The van der Waals surface area contributed by atoms with E-state index < -0.39 is 0 Å². The molecule has 0 N–H and O–H groups in total. The van der Waals surface area contributed by atoms with Gasteiger partial charge in [0, 0.05) is 43.2 Å². The van der Waals surface area contributed by atoms with Gasteiger partial charge in [-0.05, 0) is 216 Å². The predicted molar refractivity (Wildman–Crippen MR) is 328 cm³/mol. The lowest BCUT2D eigenvalue weighted by Gasteiger charge is -2.48. The standard InChI is InChI=1S/C71H79BN2S/c1-42-33-59-62-60(34-42)74(57-39-53-50(66(5,6)27-30-69(53,11)12)36-48(57)45-22-21-43-19-17-18-20-44(43)35-45)58-40-54-52(68(9,10)29-31-70(54,13)14)38-56(58)72(62)64-63(73(59)47-25-23-46(24-26-47)65(2,3)4)49-37-51-55(41-61(49)75-64)71(15,16)32-28-67(51,7)8/h17-26,33-41H,27-32H2,1-16H3. The number of fused-ring (bicyclic) bond motifs is 10. The Balaban J connectivity index is 1.18. The van der Waals surface area contributed by atoms with Crippen LogP contribution in [0.4, 0.5) is 34.1 Å². The molecule has 3 aliphatic carbocycles. The van der Waals surface area contributed by atoms with Crippen molar-refractivity contribution in [2.45, 2.75) is 187 Å². The molecular formula is C71H79BN2S. The molecule has 3 heterocycles. The molecule has 1 aromatic heterocycles. The minimum absolute atomic E-state index is 0.0147. The second kappa shape index (κ2) is 15.8. The molecular weight excluding hydrogens is 924 g/mol. The maximum atomic E-state index is 2.79. The van der Waals surface area contributed by atoms with Gasteiger partial charge in [-0.3, -0.25) is 0 Å². The highest BCUT2D eigenvalue weighted by Crippen LogP contribution is 2.57. The van der Waals surface area contributed by atoms with E-state index in [0.29, 0.717) is 0 Å². The molecule has 0 spiro atoms. The fourth-order valence-electron chi connectivity index (χ4n) is 14.8. The normalized spacial score (nSPS) is 20.0. The Kier molecular flexibility index (Phi) is 10.3. The first kappa shape index (κ1) is 49.0. The van der Waals surface area contributed by atoms with E-state index in [1.807, 2.05) is 0 Å². The maximum Gasteiger partial charge on any atom is 0.264 e. The van der Waals surface area contributed by atoms with Gasteiger partial charge in [-0.1, -0.05) is 158 Å². The summed E-state index contributed by atoms with van der Waals surface area (Å²) < 4.78 is 2.88. The number of hydrogen-bond donors (Lipinski definition) is 0. The van der Waals surface area contributed by atoms with Crippen molar-refractivity contribution in [1.82, 2.24) is 0 Å². The fraction of sp³-hybridized carbons (Fsp3) is 0.408. The van der Waals surface area contributed by atoms with Gasteiger partial charge in [0.2, 0.25) is 0 Å². The Morgan fingerprint density at radius 1 is 0.467 bits per heavy atom. The van der Waals surface area contributed by atoms with Crippen molar-refractivity contribution in [2.75, 3.05) is 9.80 Å². The van der Waals surface area contributed by atoms with E-state index in [1.54, 1.807) is 0 Å².